The summed E-state index contributed by atoms with van der Waals surface area (Å²) in [5.41, 5.74) is -1.66. The molecule has 5 rings (SSSR count). The average Bonchev–Trinajstić information content (AvgIpc) is 3.11. The number of Topliss-reactive ketones (excluding diaryl/α,β-unsaturated/α-hetero) is 1. The van der Waals surface area contributed by atoms with Crippen molar-refractivity contribution in [3.63, 3.8) is 0 Å². The van der Waals surface area contributed by atoms with Crippen LogP contribution in [0.4, 0.5) is 8.78 Å². The first-order chi connectivity index (χ1) is 14.8. The van der Waals surface area contributed by atoms with Crippen molar-refractivity contribution in [3.05, 3.63) is 0 Å². The summed E-state index contributed by atoms with van der Waals surface area (Å²) in [6, 6.07) is 0. The molecule has 0 aromatic rings. The molecule has 0 unspecified atom stereocenters. The SMILES string of the molecule is C[C@]12CC[C@H]3[C@@H](CC[C@@H]4C[C@@](O)(C(F)F)CC[C@@H]43)[C@@H]1CC[C@@H]2C(=O)CN1CCOCC1. The first-order valence-electron chi connectivity index (χ1n) is 12.7. The van der Waals surface area contributed by atoms with Gasteiger partial charge in [0.2, 0.25) is 0 Å². The van der Waals surface area contributed by atoms with Gasteiger partial charge >= 0.3 is 0 Å². The first-order valence-corrected chi connectivity index (χ1v) is 12.7. The van der Waals surface area contributed by atoms with Crippen molar-refractivity contribution in [2.75, 3.05) is 32.8 Å². The molecule has 1 heterocycles. The molecule has 0 radical (unpaired) electrons. The summed E-state index contributed by atoms with van der Waals surface area (Å²) in [7, 11) is 0. The lowest BCUT2D eigenvalue weighted by atomic mass is 9.49. The van der Waals surface area contributed by atoms with Gasteiger partial charge in [0.15, 0.2) is 0 Å². The summed E-state index contributed by atoms with van der Waals surface area (Å²) < 4.78 is 32.3. The van der Waals surface area contributed by atoms with Gasteiger partial charge in [-0.1, -0.05) is 6.92 Å². The maximum absolute atomic E-state index is 13.4. The number of ketones is 1. The zero-order chi connectivity index (χ0) is 21.8. The van der Waals surface area contributed by atoms with Gasteiger partial charge in [-0.3, -0.25) is 9.69 Å². The number of alkyl halides is 2. The van der Waals surface area contributed by atoms with Crippen molar-refractivity contribution in [1.29, 1.82) is 0 Å². The number of aliphatic hydroxyl groups is 1. The number of nitrogens with zero attached hydrogens (tertiary/aromatic N) is 1. The third kappa shape index (κ3) is 3.78. The van der Waals surface area contributed by atoms with Crippen molar-refractivity contribution in [1.82, 2.24) is 4.90 Å². The second-order valence-electron chi connectivity index (χ2n) is 11.6. The fourth-order valence-electron chi connectivity index (χ4n) is 8.73. The van der Waals surface area contributed by atoms with E-state index in [2.05, 4.69) is 11.8 Å². The third-order valence-electron chi connectivity index (χ3n) is 10.3. The van der Waals surface area contributed by atoms with Crippen LogP contribution in [0.25, 0.3) is 0 Å². The lowest BCUT2D eigenvalue weighted by Crippen LogP contribution is -2.53. The van der Waals surface area contributed by atoms with Crippen molar-refractivity contribution >= 4 is 5.78 Å². The molecule has 0 aromatic carbocycles. The van der Waals surface area contributed by atoms with E-state index in [1.165, 1.54) is 0 Å². The van der Waals surface area contributed by atoms with Crippen molar-refractivity contribution < 1.29 is 23.4 Å². The summed E-state index contributed by atoms with van der Waals surface area (Å²) in [6.07, 6.45) is 5.11. The van der Waals surface area contributed by atoms with E-state index in [0.717, 1.165) is 71.2 Å². The van der Waals surface area contributed by atoms with Crippen molar-refractivity contribution in [2.24, 2.45) is 40.9 Å². The molecule has 0 aromatic heterocycles. The van der Waals surface area contributed by atoms with E-state index in [4.69, 9.17) is 4.74 Å². The smallest absolute Gasteiger partial charge is 0.266 e. The molecule has 0 amide bonds. The second kappa shape index (κ2) is 8.32. The molecule has 1 aliphatic heterocycles. The van der Waals surface area contributed by atoms with Gasteiger partial charge in [0.05, 0.1) is 19.8 Å². The molecule has 176 valence electrons. The van der Waals surface area contributed by atoms with Gasteiger partial charge in [-0.2, -0.15) is 0 Å². The fraction of sp³-hybridized carbons (Fsp3) is 0.960. The lowest BCUT2D eigenvalue weighted by molar-refractivity contribution is -0.160. The minimum Gasteiger partial charge on any atom is -0.384 e. The summed E-state index contributed by atoms with van der Waals surface area (Å²) >= 11 is 0. The molecular formula is C25H39F2NO3. The largest absolute Gasteiger partial charge is 0.384 e. The Hall–Kier alpha value is -0.590. The number of rotatable bonds is 4. The average molecular weight is 440 g/mol. The maximum Gasteiger partial charge on any atom is 0.266 e. The minimum atomic E-state index is -2.63. The number of fused-ring (bicyclic) bond motifs is 5. The zero-order valence-electron chi connectivity index (χ0n) is 18.9. The molecule has 4 saturated carbocycles. The molecule has 5 aliphatic rings. The number of hydrogen-bond acceptors (Lipinski definition) is 4. The summed E-state index contributed by atoms with van der Waals surface area (Å²) in [5.74, 6) is 3.18. The molecular weight excluding hydrogens is 400 g/mol. The lowest BCUT2D eigenvalue weighted by Gasteiger charge is -2.57. The Balaban J connectivity index is 1.26. The molecule has 4 nitrogen and oxygen atoms in total. The van der Waals surface area contributed by atoms with Crippen LogP contribution in [0.3, 0.4) is 0 Å². The van der Waals surface area contributed by atoms with Crippen LogP contribution < -0.4 is 0 Å². The summed E-state index contributed by atoms with van der Waals surface area (Å²) in [4.78, 5) is 15.6. The molecule has 0 bridgehead atoms. The van der Waals surface area contributed by atoms with Gasteiger partial charge in [-0.15, -0.1) is 0 Å². The van der Waals surface area contributed by atoms with Gasteiger partial charge in [-0.25, -0.2) is 8.78 Å². The first kappa shape index (κ1) is 22.2. The van der Waals surface area contributed by atoms with Crippen LogP contribution in [0.5, 0.6) is 0 Å². The molecule has 8 atom stereocenters. The highest BCUT2D eigenvalue weighted by Gasteiger charge is 2.59. The Morgan fingerprint density at radius 1 is 1.03 bits per heavy atom. The molecule has 1 saturated heterocycles. The molecule has 0 spiro atoms. The van der Waals surface area contributed by atoms with Crippen LogP contribution in [0.2, 0.25) is 0 Å². The van der Waals surface area contributed by atoms with Gasteiger partial charge in [0.1, 0.15) is 11.4 Å². The number of halogens is 2. The highest BCUT2D eigenvalue weighted by atomic mass is 19.3. The highest BCUT2D eigenvalue weighted by Crippen LogP contribution is 2.64. The quantitative estimate of drug-likeness (QED) is 0.715. The van der Waals surface area contributed by atoms with E-state index < -0.39 is 12.0 Å². The highest BCUT2D eigenvalue weighted by molar-refractivity contribution is 5.84. The third-order valence-corrected chi connectivity index (χ3v) is 10.3. The number of ether oxygens (including phenoxy) is 1. The second-order valence-corrected chi connectivity index (χ2v) is 11.6. The standard InChI is InChI=1S/C25H39F2NO3/c1-24-8-6-18-17-7-9-25(30,23(26)27)14-16(17)2-3-19(18)20(24)4-5-21(24)22(29)15-28-10-12-31-13-11-28/h16-21,23,30H,2-15H2,1H3/t16-,17+,18-,19-,20+,21-,24+,25-/m1/s1. The van der Waals surface area contributed by atoms with Crippen LogP contribution in [0.15, 0.2) is 0 Å². The van der Waals surface area contributed by atoms with E-state index in [1.54, 1.807) is 0 Å². The maximum atomic E-state index is 13.4. The van der Waals surface area contributed by atoms with E-state index in [-0.39, 0.29) is 30.1 Å². The summed E-state index contributed by atoms with van der Waals surface area (Å²) in [5, 5.41) is 10.4. The Morgan fingerprint density at radius 2 is 1.77 bits per heavy atom. The Kier molecular flexibility index (Phi) is 5.96. The van der Waals surface area contributed by atoms with Crippen LogP contribution in [-0.2, 0) is 9.53 Å². The number of carbonyl (C=O) groups excluding carboxylic acids is 1. The Bertz CT molecular complexity index is 684. The van der Waals surface area contributed by atoms with Crippen LogP contribution in [0, 0.1) is 40.9 Å². The zero-order valence-corrected chi connectivity index (χ0v) is 18.9. The van der Waals surface area contributed by atoms with Crippen molar-refractivity contribution in [2.45, 2.75) is 76.7 Å². The minimum absolute atomic E-state index is 0.107. The topological polar surface area (TPSA) is 49.8 Å². The van der Waals surface area contributed by atoms with E-state index in [1.807, 2.05) is 0 Å². The van der Waals surface area contributed by atoms with E-state index in [0.29, 0.717) is 36.0 Å². The fourth-order valence-corrected chi connectivity index (χ4v) is 8.73. The van der Waals surface area contributed by atoms with Gasteiger partial charge in [0.25, 0.3) is 6.43 Å². The van der Waals surface area contributed by atoms with Crippen LogP contribution in [0.1, 0.15) is 64.7 Å². The van der Waals surface area contributed by atoms with E-state index >= 15 is 0 Å². The predicted octanol–water partition coefficient (Wildman–Crippen LogP) is 4.15. The number of hydrogen-bond donors (Lipinski definition) is 1. The number of morpholine rings is 1. The van der Waals surface area contributed by atoms with Gasteiger partial charge < -0.3 is 9.84 Å². The van der Waals surface area contributed by atoms with Gasteiger partial charge in [-0.05, 0) is 92.8 Å². The van der Waals surface area contributed by atoms with E-state index in [9.17, 15) is 18.7 Å². The molecule has 6 heteroatoms. The van der Waals surface area contributed by atoms with Crippen LogP contribution in [-0.4, -0.2) is 60.7 Å². The molecule has 4 aliphatic carbocycles. The summed E-state index contributed by atoms with van der Waals surface area (Å²) in [6.45, 7) is 6.12. The normalized spacial score (nSPS) is 48.2. The molecule has 1 N–H and O–H groups in total. The number of carbonyl (C=O) groups is 1. The molecule has 5 fully saturated rings. The predicted molar refractivity (Wildman–Crippen MR) is 114 cm³/mol. The Labute approximate surface area is 185 Å². The Morgan fingerprint density at radius 3 is 2.52 bits per heavy atom. The van der Waals surface area contributed by atoms with Crippen molar-refractivity contribution in [3.8, 4) is 0 Å². The van der Waals surface area contributed by atoms with Gasteiger partial charge in [0, 0.05) is 19.0 Å². The van der Waals surface area contributed by atoms with Crippen LogP contribution >= 0.6 is 0 Å². The monoisotopic (exact) mass is 439 g/mol. The molecule has 31 heavy (non-hydrogen) atoms.